The summed E-state index contributed by atoms with van der Waals surface area (Å²) in [5, 5.41) is -0.853. The van der Waals surface area contributed by atoms with Crippen molar-refractivity contribution in [2.75, 3.05) is 0 Å². The lowest BCUT2D eigenvalue weighted by molar-refractivity contribution is -0.112. The highest BCUT2D eigenvalue weighted by molar-refractivity contribution is 6.67. The molecule has 0 aliphatic heterocycles. The van der Waals surface area contributed by atoms with Gasteiger partial charge in [-0.3, -0.25) is 9.59 Å². The van der Waals surface area contributed by atoms with E-state index >= 15 is 0 Å². The molecule has 92 valence electrons. The van der Waals surface area contributed by atoms with Crippen LogP contribution in [0.1, 0.15) is 6.42 Å². The second-order valence-corrected chi connectivity index (χ2v) is 4.72. The van der Waals surface area contributed by atoms with E-state index in [9.17, 15) is 9.59 Å². The Balaban J connectivity index is 2.36. The second-order valence-electron chi connectivity index (χ2n) is 4.00. The van der Waals surface area contributed by atoms with E-state index in [0.717, 1.165) is 11.1 Å². The SMILES string of the molecule is O=C(Cl)C1=CC=C2C=CC(C(=O)Cl)C=CC2=CC1. The molecule has 1 unspecified atom stereocenters. The van der Waals surface area contributed by atoms with Gasteiger partial charge in [0.2, 0.25) is 10.5 Å². The van der Waals surface area contributed by atoms with Gasteiger partial charge < -0.3 is 0 Å². The van der Waals surface area contributed by atoms with Crippen molar-refractivity contribution < 1.29 is 9.59 Å². The summed E-state index contributed by atoms with van der Waals surface area (Å²) in [4.78, 5) is 22.2. The third-order valence-electron chi connectivity index (χ3n) is 2.82. The van der Waals surface area contributed by atoms with Gasteiger partial charge in [-0.15, -0.1) is 0 Å². The van der Waals surface area contributed by atoms with Crippen LogP contribution in [0.15, 0.2) is 59.3 Å². The van der Waals surface area contributed by atoms with Crippen LogP contribution in [0.25, 0.3) is 0 Å². The number of carbonyl (C=O) groups excluding carboxylic acids is 2. The second kappa shape index (κ2) is 5.51. The molecule has 0 spiro atoms. The fraction of sp³-hybridized carbons (Fsp3) is 0.143. The summed E-state index contributed by atoms with van der Waals surface area (Å²) in [5.41, 5.74) is 2.44. The predicted octanol–water partition coefficient (Wildman–Crippen LogP) is 3.44. The summed E-state index contributed by atoms with van der Waals surface area (Å²) in [6.45, 7) is 0. The number of rotatable bonds is 2. The molecule has 0 aromatic heterocycles. The average Bonchev–Trinajstić information content (AvgIpc) is 2.61. The fourth-order valence-corrected chi connectivity index (χ4v) is 2.07. The molecule has 2 nitrogen and oxygen atoms in total. The van der Waals surface area contributed by atoms with E-state index in [1.165, 1.54) is 0 Å². The lowest BCUT2D eigenvalue weighted by atomic mass is 10.1. The van der Waals surface area contributed by atoms with Crippen molar-refractivity contribution in [3.8, 4) is 0 Å². The summed E-state index contributed by atoms with van der Waals surface area (Å²) in [7, 11) is 0. The van der Waals surface area contributed by atoms with Crippen molar-refractivity contribution >= 4 is 33.7 Å². The number of hydrogen-bond donors (Lipinski definition) is 0. The molecule has 2 rings (SSSR count). The summed E-state index contributed by atoms with van der Waals surface area (Å²) in [5.74, 6) is -0.404. The summed E-state index contributed by atoms with van der Waals surface area (Å²) in [6.07, 6.45) is 13.1. The first-order chi connectivity index (χ1) is 8.58. The molecular weight excluding hydrogens is 271 g/mol. The van der Waals surface area contributed by atoms with Gasteiger partial charge in [-0.05, 0) is 40.8 Å². The Morgan fingerprint density at radius 2 is 1.72 bits per heavy atom. The standard InChI is InChI=1S/C14H10Cl2O2/c15-13(17)11-5-1-9-2-6-12(14(16)18)8-4-10(9)3-7-11/h1-7,11H,8H2. The van der Waals surface area contributed by atoms with Crippen LogP contribution in [0.4, 0.5) is 0 Å². The lowest BCUT2D eigenvalue weighted by Crippen LogP contribution is -2.00. The quantitative estimate of drug-likeness (QED) is 0.726. The topological polar surface area (TPSA) is 34.1 Å². The number of allylic oxidation sites excluding steroid dienone is 10. The van der Waals surface area contributed by atoms with Crippen LogP contribution in [0.5, 0.6) is 0 Å². The van der Waals surface area contributed by atoms with E-state index in [4.69, 9.17) is 23.2 Å². The molecule has 0 radical (unpaired) electrons. The number of halogens is 2. The molecule has 2 aliphatic rings. The number of fused-ring (bicyclic) bond motifs is 1. The summed E-state index contributed by atoms with van der Waals surface area (Å²) in [6, 6.07) is 0. The molecule has 0 heterocycles. The van der Waals surface area contributed by atoms with E-state index in [1.807, 2.05) is 24.3 Å². The van der Waals surface area contributed by atoms with Crippen molar-refractivity contribution in [2.45, 2.75) is 6.42 Å². The van der Waals surface area contributed by atoms with Gasteiger partial charge >= 0.3 is 0 Å². The Bertz CT molecular complexity index is 548. The molecule has 0 aromatic carbocycles. The maximum Gasteiger partial charge on any atom is 0.248 e. The van der Waals surface area contributed by atoms with Gasteiger partial charge in [0.05, 0.1) is 5.92 Å². The first-order valence-corrected chi connectivity index (χ1v) is 6.20. The first kappa shape index (κ1) is 13.1. The highest BCUT2D eigenvalue weighted by atomic mass is 35.5. The molecule has 18 heavy (non-hydrogen) atoms. The van der Waals surface area contributed by atoms with Gasteiger partial charge in [-0.1, -0.05) is 42.5 Å². The average molecular weight is 281 g/mol. The lowest BCUT2D eigenvalue weighted by Gasteiger charge is -1.99. The van der Waals surface area contributed by atoms with E-state index in [0.29, 0.717) is 12.0 Å². The Morgan fingerprint density at radius 3 is 2.33 bits per heavy atom. The largest absolute Gasteiger partial charge is 0.280 e. The molecule has 0 saturated heterocycles. The monoisotopic (exact) mass is 280 g/mol. The van der Waals surface area contributed by atoms with Crippen LogP contribution in [0.3, 0.4) is 0 Å². The van der Waals surface area contributed by atoms with E-state index < -0.39 is 16.4 Å². The number of carbonyl (C=O) groups is 2. The summed E-state index contributed by atoms with van der Waals surface area (Å²) < 4.78 is 0. The van der Waals surface area contributed by atoms with Gasteiger partial charge in [0.15, 0.2) is 0 Å². The molecular formula is C14H10Cl2O2. The minimum atomic E-state index is -0.443. The van der Waals surface area contributed by atoms with E-state index in [2.05, 4.69) is 0 Å². The van der Waals surface area contributed by atoms with Gasteiger partial charge in [0, 0.05) is 5.57 Å². The van der Waals surface area contributed by atoms with Crippen molar-refractivity contribution in [1.82, 2.24) is 0 Å². The van der Waals surface area contributed by atoms with Crippen molar-refractivity contribution in [2.24, 2.45) is 5.92 Å². The zero-order valence-electron chi connectivity index (χ0n) is 9.40. The number of hydrogen-bond acceptors (Lipinski definition) is 2. The van der Waals surface area contributed by atoms with Crippen molar-refractivity contribution in [3.05, 3.63) is 59.3 Å². The maximum absolute atomic E-state index is 11.1. The van der Waals surface area contributed by atoms with Crippen LogP contribution >= 0.6 is 23.2 Å². The van der Waals surface area contributed by atoms with Crippen LogP contribution in [0, 0.1) is 5.92 Å². The first-order valence-electron chi connectivity index (χ1n) is 5.45. The minimum Gasteiger partial charge on any atom is -0.280 e. The molecule has 0 bridgehead atoms. The Labute approximate surface area is 115 Å². The summed E-state index contributed by atoms with van der Waals surface area (Å²) >= 11 is 10.9. The Hall–Kier alpha value is -1.38. The fourth-order valence-electron chi connectivity index (χ4n) is 1.78. The van der Waals surface area contributed by atoms with Crippen LogP contribution in [-0.2, 0) is 9.59 Å². The van der Waals surface area contributed by atoms with Crippen LogP contribution in [0.2, 0.25) is 0 Å². The molecule has 1 atom stereocenters. The van der Waals surface area contributed by atoms with Crippen molar-refractivity contribution in [3.63, 3.8) is 0 Å². The van der Waals surface area contributed by atoms with Crippen LogP contribution in [-0.4, -0.2) is 10.5 Å². The van der Waals surface area contributed by atoms with Gasteiger partial charge in [-0.2, -0.15) is 0 Å². The molecule has 0 fully saturated rings. The highest BCUT2D eigenvalue weighted by Gasteiger charge is 2.14. The zero-order valence-corrected chi connectivity index (χ0v) is 10.9. The van der Waals surface area contributed by atoms with Gasteiger partial charge in [0.1, 0.15) is 0 Å². The molecule has 4 heteroatoms. The third kappa shape index (κ3) is 2.89. The predicted molar refractivity (Wildman–Crippen MR) is 72.4 cm³/mol. The van der Waals surface area contributed by atoms with E-state index in [1.54, 1.807) is 18.2 Å². The van der Waals surface area contributed by atoms with Crippen LogP contribution < -0.4 is 0 Å². The Kier molecular flexibility index (Phi) is 4.00. The van der Waals surface area contributed by atoms with Gasteiger partial charge in [-0.25, -0.2) is 0 Å². The zero-order chi connectivity index (χ0) is 13.1. The molecule has 0 aromatic rings. The smallest absolute Gasteiger partial charge is 0.248 e. The molecule has 2 aliphatic carbocycles. The molecule has 0 N–H and O–H groups in total. The molecule has 0 saturated carbocycles. The Morgan fingerprint density at radius 1 is 1.06 bits per heavy atom. The van der Waals surface area contributed by atoms with E-state index in [-0.39, 0.29) is 0 Å². The normalized spacial score (nSPS) is 22.1. The third-order valence-corrected chi connectivity index (χ3v) is 3.31. The highest BCUT2D eigenvalue weighted by Crippen LogP contribution is 2.25. The minimum absolute atomic E-state index is 0.404. The molecule has 0 amide bonds. The van der Waals surface area contributed by atoms with Crippen molar-refractivity contribution in [1.29, 1.82) is 0 Å². The maximum atomic E-state index is 11.1. The van der Waals surface area contributed by atoms with Gasteiger partial charge in [0.25, 0.3) is 0 Å².